The third-order valence-corrected chi connectivity index (χ3v) is 2.79. The summed E-state index contributed by atoms with van der Waals surface area (Å²) in [5, 5.41) is 8.93. The maximum atomic E-state index is 8.93. The minimum Gasteiger partial charge on any atom is -0.497 e. The largest absolute Gasteiger partial charge is 0.497 e. The lowest BCUT2D eigenvalue weighted by Crippen LogP contribution is -2.00. The first-order valence-electron chi connectivity index (χ1n) is 5.54. The molecule has 0 aromatic heterocycles. The highest BCUT2D eigenvalue weighted by atomic mass is 16.5. The summed E-state index contributed by atoms with van der Waals surface area (Å²) in [6.45, 7) is 0.687. The lowest BCUT2D eigenvalue weighted by molar-refractivity contribution is 0.299. The molecule has 1 aromatic carbocycles. The molecule has 0 heterocycles. The molecular weight excluding hydrogens is 202 g/mol. The Labute approximate surface area is 95.6 Å². The van der Waals surface area contributed by atoms with Crippen LogP contribution in [0.3, 0.4) is 0 Å². The number of ether oxygens (including phenoxy) is 2. The van der Waals surface area contributed by atoms with Crippen LogP contribution in [0, 0.1) is 17.2 Å². The van der Waals surface area contributed by atoms with Gasteiger partial charge in [0, 0.05) is 6.07 Å². The first-order chi connectivity index (χ1) is 7.83. The minimum absolute atomic E-state index is 0.566. The van der Waals surface area contributed by atoms with Crippen LogP contribution in [0.2, 0.25) is 0 Å². The maximum absolute atomic E-state index is 8.93. The summed E-state index contributed by atoms with van der Waals surface area (Å²) >= 11 is 0. The molecule has 1 aliphatic carbocycles. The third kappa shape index (κ3) is 2.66. The minimum atomic E-state index is 0.566. The molecule has 1 aromatic rings. The van der Waals surface area contributed by atoms with Gasteiger partial charge in [-0.05, 0) is 24.5 Å². The highest BCUT2D eigenvalue weighted by molar-refractivity contribution is 5.47. The van der Waals surface area contributed by atoms with Crippen LogP contribution in [0.15, 0.2) is 18.2 Å². The molecule has 0 spiro atoms. The Hall–Kier alpha value is -1.69. The average Bonchev–Trinajstić information content (AvgIpc) is 3.13. The first-order valence-corrected chi connectivity index (χ1v) is 5.54. The van der Waals surface area contributed by atoms with Crippen LogP contribution in [0.25, 0.3) is 0 Å². The number of benzene rings is 1. The Balaban J connectivity index is 2.00. The lowest BCUT2D eigenvalue weighted by atomic mass is 10.2. The molecule has 2 rings (SSSR count). The Morgan fingerprint density at radius 2 is 2.25 bits per heavy atom. The quantitative estimate of drug-likeness (QED) is 0.761. The van der Waals surface area contributed by atoms with Crippen LogP contribution in [-0.2, 0) is 0 Å². The zero-order valence-electron chi connectivity index (χ0n) is 9.40. The van der Waals surface area contributed by atoms with E-state index in [1.54, 1.807) is 25.3 Å². The highest BCUT2D eigenvalue weighted by Gasteiger charge is 2.20. The van der Waals surface area contributed by atoms with Crippen molar-refractivity contribution in [3.8, 4) is 17.6 Å². The number of nitrogens with zero attached hydrogens (tertiary/aromatic N) is 1. The Morgan fingerprint density at radius 1 is 1.44 bits per heavy atom. The predicted octanol–water partition coefficient (Wildman–Crippen LogP) is 2.75. The molecule has 1 fully saturated rings. The second kappa shape index (κ2) is 4.89. The highest BCUT2D eigenvalue weighted by Crippen LogP contribution is 2.32. The van der Waals surface area contributed by atoms with Crippen molar-refractivity contribution in [1.29, 1.82) is 5.26 Å². The van der Waals surface area contributed by atoms with E-state index in [4.69, 9.17) is 14.7 Å². The van der Waals surface area contributed by atoms with Gasteiger partial charge in [-0.25, -0.2) is 0 Å². The van der Waals surface area contributed by atoms with Gasteiger partial charge in [0.25, 0.3) is 0 Å². The summed E-state index contributed by atoms with van der Waals surface area (Å²) in [7, 11) is 1.61. The Morgan fingerprint density at radius 3 is 2.88 bits per heavy atom. The van der Waals surface area contributed by atoms with E-state index in [9.17, 15) is 0 Å². The molecule has 1 aliphatic rings. The summed E-state index contributed by atoms with van der Waals surface area (Å²) in [6, 6.07) is 7.39. The smallest absolute Gasteiger partial charge is 0.140 e. The van der Waals surface area contributed by atoms with E-state index >= 15 is 0 Å². The van der Waals surface area contributed by atoms with Crippen molar-refractivity contribution in [3.05, 3.63) is 23.8 Å². The third-order valence-electron chi connectivity index (χ3n) is 2.79. The number of methoxy groups -OCH3 is 1. The van der Waals surface area contributed by atoms with Crippen LogP contribution in [0.1, 0.15) is 24.8 Å². The Kier molecular flexibility index (Phi) is 3.31. The van der Waals surface area contributed by atoms with Gasteiger partial charge in [-0.1, -0.05) is 12.8 Å². The molecule has 0 saturated heterocycles. The molecule has 84 valence electrons. The van der Waals surface area contributed by atoms with Crippen molar-refractivity contribution in [2.24, 2.45) is 5.92 Å². The number of hydrogen-bond donors (Lipinski definition) is 0. The summed E-state index contributed by atoms with van der Waals surface area (Å²) in [4.78, 5) is 0. The predicted molar refractivity (Wildman–Crippen MR) is 60.5 cm³/mol. The molecule has 3 nitrogen and oxygen atoms in total. The second-order valence-corrected chi connectivity index (χ2v) is 4.05. The zero-order valence-corrected chi connectivity index (χ0v) is 9.40. The summed E-state index contributed by atoms with van der Waals surface area (Å²) in [5.41, 5.74) is 0.566. The van der Waals surface area contributed by atoms with Gasteiger partial charge in [0.2, 0.25) is 0 Å². The van der Waals surface area contributed by atoms with Gasteiger partial charge < -0.3 is 9.47 Å². The molecule has 3 heteroatoms. The van der Waals surface area contributed by atoms with Crippen molar-refractivity contribution in [3.63, 3.8) is 0 Å². The van der Waals surface area contributed by atoms with Crippen LogP contribution >= 0.6 is 0 Å². The van der Waals surface area contributed by atoms with Crippen LogP contribution in [-0.4, -0.2) is 13.7 Å². The van der Waals surface area contributed by atoms with E-state index in [1.807, 2.05) is 0 Å². The zero-order chi connectivity index (χ0) is 11.4. The van der Waals surface area contributed by atoms with Crippen molar-refractivity contribution in [2.45, 2.75) is 19.3 Å². The molecule has 0 radical (unpaired) electrons. The van der Waals surface area contributed by atoms with E-state index in [2.05, 4.69) is 6.07 Å². The number of hydrogen-bond acceptors (Lipinski definition) is 3. The fourth-order valence-electron chi connectivity index (χ4n) is 1.58. The average molecular weight is 217 g/mol. The van der Waals surface area contributed by atoms with Crippen molar-refractivity contribution >= 4 is 0 Å². The SMILES string of the molecule is COc1ccc(C#N)c(OCCC2CC2)c1. The maximum Gasteiger partial charge on any atom is 0.140 e. The first kappa shape index (κ1) is 10.8. The van der Waals surface area contributed by atoms with E-state index in [-0.39, 0.29) is 0 Å². The Bertz CT molecular complexity index is 405. The molecular formula is C13H15NO2. The van der Waals surface area contributed by atoms with E-state index < -0.39 is 0 Å². The van der Waals surface area contributed by atoms with Crippen LogP contribution < -0.4 is 9.47 Å². The molecule has 0 amide bonds. The van der Waals surface area contributed by atoms with E-state index in [0.29, 0.717) is 17.9 Å². The molecule has 0 unspecified atom stereocenters. The van der Waals surface area contributed by atoms with Gasteiger partial charge in [-0.15, -0.1) is 0 Å². The van der Waals surface area contributed by atoms with Crippen molar-refractivity contribution in [2.75, 3.05) is 13.7 Å². The summed E-state index contributed by atoms with van der Waals surface area (Å²) < 4.78 is 10.7. The molecule has 0 atom stereocenters. The fourth-order valence-corrected chi connectivity index (χ4v) is 1.58. The molecule has 1 saturated carbocycles. The van der Waals surface area contributed by atoms with E-state index in [0.717, 1.165) is 18.1 Å². The van der Waals surface area contributed by atoms with Crippen molar-refractivity contribution in [1.82, 2.24) is 0 Å². The molecule has 0 bridgehead atoms. The fraction of sp³-hybridized carbons (Fsp3) is 0.462. The second-order valence-electron chi connectivity index (χ2n) is 4.05. The molecule has 0 aliphatic heterocycles. The molecule has 16 heavy (non-hydrogen) atoms. The monoisotopic (exact) mass is 217 g/mol. The standard InChI is InChI=1S/C13H15NO2/c1-15-12-5-4-11(9-14)13(8-12)16-7-6-10-2-3-10/h4-5,8,10H,2-3,6-7H2,1H3. The van der Waals surface area contributed by atoms with E-state index in [1.165, 1.54) is 12.8 Å². The number of nitriles is 1. The van der Waals surface area contributed by atoms with Gasteiger partial charge >= 0.3 is 0 Å². The van der Waals surface area contributed by atoms with Crippen molar-refractivity contribution < 1.29 is 9.47 Å². The lowest BCUT2D eigenvalue weighted by Gasteiger charge is -2.08. The van der Waals surface area contributed by atoms with Gasteiger partial charge in [0.15, 0.2) is 0 Å². The van der Waals surface area contributed by atoms with Crippen LogP contribution in [0.5, 0.6) is 11.5 Å². The van der Waals surface area contributed by atoms with Gasteiger partial charge in [0.05, 0.1) is 19.3 Å². The van der Waals surface area contributed by atoms with Crippen LogP contribution in [0.4, 0.5) is 0 Å². The van der Waals surface area contributed by atoms with Gasteiger partial charge in [0.1, 0.15) is 17.6 Å². The topological polar surface area (TPSA) is 42.2 Å². The number of rotatable bonds is 5. The summed E-state index contributed by atoms with van der Waals surface area (Å²) in [6.07, 6.45) is 3.74. The van der Waals surface area contributed by atoms with Gasteiger partial charge in [-0.2, -0.15) is 5.26 Å². The van der Waals surface area contributed by atoms with Gasteiger partial charge in [-0.3, -0.25) is 0 Å². The summed E-state index contributed by atoms with van der Waals surface area (Å²) in [5.74, 6) is 2.19. The molecule has 0 N–H and O–H groups in total. The normalized spacial score (nSPS) is 14.2.